The molecule has 0 bridgehead atoms. The fourth-order valence-corrected chi connectivity index (χ4v) is 3.71. The van der Waals surface area contributed by atoms with Crippen molar-refractivity contribution in [2.24, 2.45) is 11.7 Å². The van der Waals surface area contributed by atoms with Crippen molar-refractivity contribution < 1.29 is 34.2 Å². The number of amides is 4. The Morgan fingerprint density at radius 2 is 1.66 bits per heavy atom. The van der Waals surface area contributed by atoms with E-state index in [-0.39, 0.29) is 18.1 Å². The summed E-state index contributed by atoms with van der Waals surface area (Å²) in [7, 11) is 0. The molecular formula is C23H33N5O7. The number of hydrogen-bond donors (Lipinski definition) is 7. The maximum atomic E-state index is 13.2. The lowest BCUT2D eigenvalue weighted by atomic mass is 10.0. The number of carboxylic acid groups (broad SMARTS) is 1. The Bertz CT molecular complexity index is 929. The number of carbonyl (C=O) groups excluding carboxylic acids is 4. The van der Waals surface area contributed by atoms with Crippen LogP contribution in [0.5, 0.6) is 5.75 Å². The Morgan fingerprint density at radius 3 is 2.17 bits per heavy atom. The molecule has 2 rings (SSSR count). The van der Waals surface area contributed by atoms with Gasteiger partial charge in [0.05, 0.1) is 12.5 Å². The van der Waals surface area contributed by atoms with E-state index >= 15 is 0 Å². The van der Waals surface area contributed by atoms with E-state index in [0.717, 1.165) is 6.42 Å². The highest BCUT2D eigenvalue weighted by molar-refractivity contribution is 5.96. The fraction of sp³-hybridized carbons (Fsp3) is 0.522. The normalized spacial score (nSPS) is 17.7. The van der Waals surface area contributed by atoms with Gasteiger partial charge < -0.3 is 37.2 Å². The van der Waals surface area contributed by atoms with E-state index in [1.54, 1.807) is 26.0 Å². The number of aromatic hydroxyl groups is 1. The maximum Gasteiger partial charge on any atom is 0.326 e. The van der Waals surface area contributed by atoms with Gasteiger partial charge in [-0.3, -0.25) is 19.2 Å². The number of benzene rings is 1. The minimum atomic E-state index is -1.44. The van der Waals surface area contributed by atoms with Crippen molar-refractivity contribution in [2.45, 2.75) is 63.7 Å². The summed E-state index contributed by atoms with van der Waals surface area (Å²) in [5.41, 5.74) is 5.88. The second-order valence-electron chi connectivity index (χ2n) is 8.88. The Balaban J connectivity index is 2.21. The smallest absolute Gasteiger partial charge is 0.326 e. The standard InChI is InChI=1S/C23H33N5O7/c1-12(2)19(23(34)35)28-22(33)17(11-18(24)30)27-21(32)16(10-13-5-7-14(29)8-6-13)26-20(31)15-4-3-9-25-15/h5-8,12,15-17,19,25,29H,3-4,9-11H2,1-2H3,(H2,24,30)(H,26,31)(H,27,32)(H,28,33)(H,34,35). The predicted octanol–water partition coefficient (Wildman–Crippen LogP) is -1.24. The number of nitrogens with one attached hydrogen (secondary N) is 4. The lowest BCUT2D eigenvalue weighted by molar-refractivity contribution is -0.143. The van der Waals surface area contributed by atoms with Crippen molar-refractivity contribution in [3.8, 4) is 5.75 Å². The zero-order chi connectivity index (χ0) is 26.1. The van der Waals surface area contributed by atoms with Crippen LogP contribution in [-0.2, 0) is 30.4 Å². The summed E-state index contributed by atoms with van der Waals surface area (Å²) in [5, 5.41) is 29.3. The van der Waals surface area contributed by atoms with Gasteiger partial charge in [-0.25, -0.2) is 4.79 Å². The van der Waals surface area contributed by atoms with Crippen LogP contribution < -0.4 is 27.0 Å². The highest BCUT2D eigenvalue weighted by Crippen LogP contribution is 2.13. The summed E-state index contributed by atoms with van der Waals surface area (Å²) in [6, 6.07) is 1.79. The highest BCUT2D eigenvalue weighted by Gasteiger charge is 2.33. The van der Waals surface area contributed by atoms with E-state index in [4.69, 9.17) is 5.73 Å². The summed E-state index contributed by atoms with van der Waals surface area (Å²) in [5.74, 6) is -4.59. The number of carboxylic acids is 1. The topological polar surface area (TPSA) is 200 Å². The van der Waals surface area contributed by atoms with E-state index in [0.29, 0.717) is 18.5 Å². The minimum absolute atomic E-state index is 0.0327. The number of phenolic OH excluding ortho intramolecular Hbond substituents is 1. The second kappa shape index (κ2) is 12.7. The monoisotopic (exact) mass is 491 g/mol. The Hall–Kier alpha value is -3.67. The molecule has 1 aromatic carbocycles. The summed E-state index contributed by atoms with van der Waals surface area (Å²) in [6.07, 6.45) is 0.900. The van der Waals surface area contributed by atoms with Crippen LogP contribution in [0.3, 0.4) is 0 Å². The molecule has 1 heterocycles. The molecule has 12 heteroatoms. The molecule has 0 spiro atoms. The third-order valence-electron chi connectivity index (χ3n) is 5.65. The molecule has 4 unspecified atom stereocenters. The first kappa shape index (κ1) is 27.6. The van der Waals surface area contributed by atoms with Crippen LogP contribution in [0.15, 0.2) is 24.3 Å². The van der Waals surface area contributed by atoms with E-state index in [2.05, 4.69) is 21.3 Å². The molecular weight excluding hydrogens is 458 g/mol. The van der Waals surface area contributed by atoms with Gasteiger partial charge in [0.1, 0.15) is 23.9 Å². The van der Waals surface area contributed by atoms with Crippen molar-refractivity contribution in [3.05, 3.63) is 29.8 Å². The maximum absolute atomic E-state index is 13.2. The summed E-state index contributed by atoms with van der Waals surface area (Å²) in [6.45, 7) is 3.87. The van der Waals surface area contributed by atoms with Crippen LogP contribution in [0.1, 0.15) is 38.7 Å². The molecule has 1 aromatic rings. The minimum Gasteiger partial charge on any atom is -0.508 e. The van der Waals surface area contributed by atoms with Crippen LogP contribution in [-0.4, -0.2) is 70.5 Å². The molecule has 0 aliphatic carbocycles. The Labute approximate surface area is 203 Å². The molecule has 1 aliphatic heterocycles. The second-order valence-corrected chi connectivity index (χ2v) is 8.88. The van der Waals surface area contributed by atoms with Gasteiger partial charge in [-0.1, -0.05) is 26.0 Å². The molecule has 4 amide bonds. The molecule has 1 fully saturated rings. The highest BCUT2D eigenvalue weighted by atomic mass is 16.4. The van der Waals surface area contributed by atoms with E-state index < -0.39 is 60.2 Å². The fourth-order valence-electron chi connectivity index (χ4n) is 3.71. The van der Waals surface area contributed by atoms with Gasteiger partial charge in [-0.15, -0.1) is 0 Å². The van der Waals surface area contributed by atoms with Crippen molar-refractivity contribution in [1.82, 2.24) is 21.3 Å². The van der Waals surface area contributed by atoms with Crippen LogP contribution in [0, 0.1) is 5.92 Å². The van der Waals surface area contributed by atoms with Crippen molar-refractivity contribution in [3.63, 3.8) is 0 Å². The van der Waals surface area contributed by atoms with Crippen molar-refractivity contribution in [2.75, 3.05) is 6.54 Å². The van der Waals surface area contributed by atoms with Crippen LogP contribution in [0.4, 0.5) is 0 Å². The molecule has 0 aromatic heterocycles. The first-order valence-electron chi connectivity index (χ1n) is 11.4. The zero-order valence-electron chi connectivity index (χ0n) is 19.7. The van der Waals surface area contributed by atoms with Gasteiger partial charge in [-0.05, 0) is 43.0 Å². The first-order valence-corrected chi connectivity index (χ1v) is 11.4. The third-order valence-corrected chi connectivity index (χ3v) is 5.65. The number of aliphatic carboxylic acids is 1. The number of phenols is 1. The predicted molar refractivity (Wildman–Crippen MR) is 125 cm³/mol. The van der Waals surface area contributed by atoms with Gasteiger partial charge in [0.25, 0.3) is 0 Å². The van der Waals surface area contributed by atoms with Gasteiger partial charge in [-0.2, -0.15) is 0 Å². The van der Waals surface area contributed by atoms with Gasteiger partial charge in [0.15, 0.2) is 0 Å². The van der Waals surface area contributed by atoms with Crippen molar-refractivity contribution in [1.29, 1.82) is 0 Å². The summed E-state index contributed by atoms with van der Waals surface area (Å²) >= 11 is 0. The average molecular weight is 492 g/mol. The zero-order valence-corrected chi connectivity index (χ0v) is 19.7. The molecule has 0 radical (unpaired) electrons. The molecule has 0 saturated carbocycles. The van der Waals surface area contributed by atoms with Gasteiger partial charge in [0, 0.05) is 6.42 Å². The number of rotatable bonds is 12. The quantitative estimate of drug-likeness (QED) is 0.188. The lowest BCUT2D eigenvalue weighted by Gasteiger charge is -2.25. The average Bonchev–Trinajstić information content (AvgIpc) is 3.32. The molecule has 1 saturated heterocycles. The van der Waals surface area contributed by atoms with E-state index in [1.807, 2.05) is 0 Å². The molecule has 8 N–H and O–H groups in total. The molecule has 192 valence electrons. The third kappa shape index (κ3) is 8.56. The van der Waals surface area contributed by atoms with Crippen molar-refractivity contribution >= 4 is 29.6 Å². The van der Waals surface area contributed by atoms with Crippen LogP contribution in [0.2, 0.25) is 0 Å². The number of carbonyl (C=O) groups is 5. The van der Waals surface area contributed by atoms with E-state index in [1.165, 1.54) is 12.1 Å². The van der Waals surface area contributed by atoms with Crippen LogP contribution in [0.25, 0.3) is 0 Å². The summed E-state index contributed by atoms with van der Waals surface area (Å²) < 4.78 is 0. The number of primary amides is 1. The Kier molecular flexibility index (Phi) is 10.0. The SMILES string of the molecule is CC(C)C(NC(=O)C(CC(N)=O)NC(=O)C(Cc1ccc(O)cc1)NC(=O)C1CCCN1)C(=O)O. The lowest BCUT2D eigenvalue weighted by Crippen LogP contribution is -2.58. The molecule has 12 nitrogen and oxygen atoms in total. The molecule has 1 aliphatic rings. The van der Waals surface area contributed by atoms with Gasteiger partial charge in [0.2, 0.25) is 23.6 Å². The number of nitrogens with two attached hydrogens (primary N) is 1. The molecule has 35 heavy (non-hydrogen) atoms. The van der Waals surface area contributed by atoms with E-state index in [9.17, 15) is 34.2 Å². The summed E-state index contributed by atoms with van der Waals surface area (Å²) in [4.78, 5) is 61.6. The Morgan fingerprint density at radius 1 is 1.03 bits per heavy atom. The number of hydrogen-bond acceptors (Lipinski definition) is 7. The first-order chi connectivity index (χ1) is 16.5. The van der Waals surface area contributed by atoms with Gasteiger partial charge >= 0.3 is 5.97 Å². The van der Waals surface area contributed by atoms with Crippen LogP contribution >= 0.6 is 0 Å². The molecule has 4 atom stereocenters. The largest absolute Gasteiger partial charge is 0.508 e.